The summed E-state index contributed by atoms with van der Waals surface area (Å²) in [6.07, 6.45) is -0.427. The van der Waals surface area contributed by atoms with E-state index in [0.717, 1.165) is 0 Å². The molecule has 1 heterocycles. The van der Waals surface area contributed by atoms with Gasteiger partial charge in [0.2, 0.25) is 5.92 Å². The summed E-state index contributed by atoms with van der Waals surface area (Å²) in [6, 6.07) is 4.23. The van der Waals surface area contributed by atoms with Gasteiger partial charge in [-0.2, -0.15) is 0 Å². The number of aromatic amines is 1. The molecule has 0 amide bonds. The van der Waals surface area contributed by atoms with Crippen molar-refractivity contribution in [3.8, 4) is 0 Å². The van der Waals surface area contributed by atoms with Gasteiger partial charge in [-0.1, -0.05) is 0 Å². The second kappa shape index (κ2) is 3.47. The molecule has 0 unspecified atom stereocenters. The summed E-state index contributed by atoms with van der Waals surface area (Å²) in [4.78, 5) is 17.2. The minimum absolute atomic E-state index is 0.0448. The van der Waals surface area contributed by atoms with Crippen LogP contribution in [0.2, 0.25) is 0 Å². The normalized spacial score (nSPS) is 18.8. The maximum atomic E-state index is 12.8. The van der Waals surface area contributed by atoms with E-state index in [-0.39, 0.29) is 24.4 Å². The van der Waals surface area contributed by atoms with E-state index in [2.05, 4.69) is 9.97 Å². The quantitative estimate of drug-likeness (QED) is 0.660. The fraction of sp³-hybridized carbons (Fsp3) is 0.364. The molecule has 1 saturated carbocycles. The van der Waals surface area contributed by atoms with Crippen molar-refractivity contribution in [3.05, 3.63) is 34.1 Å². The molecule has 0 spiro atoms. The number of hydrogen-bond acceptors (Lipinski definition) is 3. The number of alkyl halides is 2. The molecule has 1 aliphatic rings. The van der Waals surface area contributed by atoms with Crippen molar-refractivity contribution in [2.45, 2.75) is 24.7 Å². The molecule has 1 aliphatic carbocycles. The fourth-order valence-corrected chi connectivity index (χ4v) is 2.18. The maximum absolute atomic E-state index is 12.8. The highest BCUT2D eigenvalue weighted by atomic mass is 19.3. The van der Waals surface area contributed by atoms with Crippen LogP contribution in [0.3, 0.4) is 0 Å². The molecule has 3 rings (SSSR count). The van der Waals surface area contributed by atoms with E-state index in [1.54, 1.807) is 0 Å². The monoisotopic (exact) mass is 253 g/mol. The van der Waals surface area contributed by atoms with Crippen LogP contribution in [0.15, 0.2) is 18.2 Å². The lowest BCUT2D eigenvalue weighted by molar-refractivity contribution is -0.384. The van der Waals surface area contributed by atoms with Crippen LogP contribution >= 0.6 is 0 Å². The number of nitrogens with one attached hydrogen (secondary N) is 1. The Bertz CT molecular complexity index is 630. The number of non-ortho nitro benzene ring substituents is 1. The molecule has 7 heteroatoms. The molecule has 0 radical (unpaired) electrons. The predicted molar refractivity (Wildman–Crippen MR) is 59.7 cm³/mol. The second-order valence-electron chi connectivity index (χ2n) is 4.54. The number of rotatable bonds is 2. The van der Waals surface area contributed by atoms with Crippen molar-refractivity contribution in [2.75, 3.05) is 0 Å². The molecule has 5 nitrogen and oxygen atoms in total. The standard InChI is InChI=1S/C11H9F2N3O2/c12-11(13)4-6(5-11)10-14-8-2-1-7(16(17)18)3-9(8)15-10/h1-3,6H,4-5H2,(H,14,15). The highest BCUT2D eigenvalue weighted by Crippen LogP contribution is 2.47. The van der Waals surface area contributed by atoms with Gasteiger partial charge in [0.15, 0.2) is 0 Å². The SMILES string of the molecule is O=[N+]([O-])c1ccc2nc(C3CC(F)(F)C3)[nH]c2c1. The Balaban J connectivity index is 1.94. The Labute approximate surface area is 100.0 Å². The molecule has 94 valence electrons. The molecular formula is C11H9F2N3O2. The molecule has 0 atom stereocenters. The van der Waals surface area contributed by atoms with Gasteiger partial charge < -0.3 is 4.98 Å². The van der Waals surface area contributed by atoms with Crippen LogP contribution < -0.4 is 0 Å². The van der Waals surface area contributed by atoms with E-state index in [9.17, 15) is 18.9 Å². The molecule has 1 aromatic heterocycles. The highest BCUT2D eigenvalue weighted by molar-refractivity contribution is 5.77. The van der Waals surface area contributed by atoms with E-state index in [0.29, 0.717) is 16.9 Å². The number of nitrogens with zero attached hydrogens (tertiary/aromatic N) is 2. The average Bonchev–Trinajstić information content (AvgIpc) is 2.67. The minimum Gasteiger partial charge on any atom is -0.342 e. The van der Waals surface area contributed by atoms with E-state index >= 15 is 0 Å². The van der Waals surface area contributed by atoms with Gasteiger partial charge in [0.25, 0.3) is 5.69 Å². The Morgan fingerprint density at radius 2 is 2.17 bits per heavy atom. The molecule has 0 aliphatic heterocycles. The predicted octanol–water partition coefficient (Wildman–Crippen LogP) is 2.98. The first-order chi connectivity index (χ1) is 8.44. The molecule has 2 aromatic rings. The molecule has 1 fully saturated rings. The summed E-state index contributed by atoms with van der Waals surface area (Å²) in [5.41, 5.74) is 1.02. The van der Waals surface area contributed by atoms with Crippen molar-refractivity contribution >= 4 is 16.7 Å². The third kappa shape index (κ3) is 1.71. The summed E-state index contributed by atoms with van der Waals surface area (Å²) in [5, 5.41) is 10.6. The van der Waals surface area contributed by atoms with Crippen LogP contribution in [0.1, 0.15) is 24.6 Å². The van der Waals surface area contributed by atoms with E-state index in [1.807, 2.05) is 0 Å². The number of H-pyrrole nitrogens is 1. The zero-order chi connectivity index (χ0) is 12.9. The first-order valence-electron chi connectivity index (χ1n) is 5.46. The number of halogens is 2. The number of fused-ring (bicyclic) bond motifs is 1. The molecule has 1 aromatic carbocycles. The smallest absolute Gasteiger partial charge is 0.271 e. The Morgan fingerprint density at radius 1 is 1.44 bits per heavy atom. The van der Waals surface area contributed by atoms with Gasteiger partial charge >= 0.3 is 0 Å². The van der Waals surface area contributed by atoms with Crippen LogP contribution in [0, 0.1) is 10.1 Å². The lowest BCUT2D eigenvalue weighted by Gasteiger charge is -2.33. The first-order valence-corrected chi connectivity index (χ1v) is 5.46. The van der Waals surface area contributed by atoms with Gasteiger partial charge in [-0.05, 0) is 6.07 Å². The topological polar surface area (TPSA) is 71.8 Å². The van der Waals surface area contributed by atoms with Gasteiger partial charge in [-0.3, -0.25) is 10.1 Å². The van der Waals surface area contributed by atoms with Crippen LogP contribution in [-0.2, 0) is 0 Å². The van der Waals surface area contributed by atoms with Gasteiger partial charge in [-0.15, -0.1) is 0 Å². The largest absolute Gasteiger partial charge is 0.342 e. The van der Waals surface area contributed by atoms with Crippen LogP contribution in [0.25, 0.3) is 11.0 Å². The van der Waals surface area contributed by atoms with Gasteiger partial charge in [-0.25, -0.2) is 13.8 Å². The lowest BCUT2D eigenvalue weighted by atomic mass is 9.81. The van der Waals surface area contributed by atoms with Gasteiger partial charge in [0.05, 0.1) is 16.0 Å². The van der Waals surface area contributed by atoms with Crippen molar-refractivity contribution < 1.29 is 13.7 Å². The van der Waals surface area contributed by atoms with Crippen LogP contribution in [-0.4, -0.2) is 20.8 Å². The molecule has 18 heavy (non-hydrogen) atoms. The summed E-state index contributed by atoms with van der Waals surface area (Å²) in [7, 11) is 0. The zero-order valence-corrected chi connectivity index (χ0v) is 9.19. The third-order valence-corrected chi connectivity index (χ3v) is 3.17. The Morgan fingerprint density at radius 3 is 2.78 bits per heavy atom. The summed E-state index contributed by atoms with van der Waals surface area (Å²) in [6.45, 7) is 0. The highest BCUT2D eigenvalue weighted by Gasteiger charge is 2.47. The summed E-state index contributed by atoms with van der Waals surface area (Å²) >= 11 is 0. The van der Waals surface area contributed by atoms with E-state index in [4.69, 9.17) is 0 Å². The molecular weight excluding hydrogens is 244 g/mol. The summed E-state index contributed by atoms with van der Waals surface area (Å²) < 4.78 is 25.5. The van der Waals surface area contributed by atoms with E-state index < -0.39 is 10.8 Å². The number of nitro groups is 1. The van der Waals surface area contributed by atoms with Crippen LogP contribution in [0.4, 0.5) is 14.5 Å². The average molecular weight is 253 g/mol. The number of imidazole rings is 1. The van der Waals surface area contributed by atoms with E-state index in [1.165, 1.54) is 18.2 Å². The van der Waals surface area contributed by atoms with Crippen molar-refractivity contribution in [2.24, 2.45) is 0 Å². The number of nitro benzene ring substituents is 1. The van der Waals surface area contributed by atoms with Gasteiger partial charge in [0.1, 0.15) is 5.82 Å². The fourth-order valence-electron chi connectivity index (χ4n) is 2.18. The van der Waals surface area contributed by atoms with Crippen molar-refractivity contribution in [1.29, 1.82) is 0 Å². The number of hydrogen-bond donors (Lipinski definition) is 1. The molecule has 0 bridgehead atoms. The van der Waals surface area contributed by atoms with Gasteiger partial charge in [0, 0.05) is 30.9 Å². The second-order valence-corrected chi connectivity index (χ2v) is 4.54. The van der Waals surface area contributed by atoms with Crippen LogP contribution in [0.5, 0.6) is 0 Å². The number of benzene rings is 1. The molecule has 1 N–H and O–H groups in total. The van der Waals surface area contributed by atoms with Crippen molar-refractivity contribution in [3.63, 3.8) is 0 Å². The Kier molecular flexibility index (Phi) is 2.13. The lowest BCUT2D eigenvalue weighted by Crippen LogP contribution is -2.34. The first kappa shape index (κ1) is 11.1. The Hall–Kier alpha value is -2.05. The number of aromatic nitrogens is 2. The summed E-state index contributed by atoms with van der Waals surface area (Å²) in [5.74, 6) is -2.40. The minimum atomic E-state index is -2.60. The molecule has 0 saturated heterocycles. The van der Waals surface area contributed by atoms with Crippen molar-refractivity contribution in [1.82, 2.24) is 9.97 Å². The third-order valence-electron chi connectivity index (χ3n) is 3.17. The zero-order valence-electron chi connectivity index (χ0n) is 9.19. The maximum Gasteiger partial charge on any atom is 0.271 e.